The van der Waals surface area contributed by atoms with Gasteiger partial charge in [-0.15, -0.1) is 0 Å². The fourth-order valence-electron chi connectivity index (χ4n) is 1.59. The summed E-state index contributed by atoms with van der Waals surface area (Å²) >= 11 is 4.82. The van der Waals surface area contributed by atoms with Crippen molar-refractivity contribution in [3.05, 3.63) is 29.8 Å². The first-order chi connectivity index (χ1) is 9.67. The number of hydrogen-bond acceptors (Lipinski definition) is 3. The van der Waals surface area contributed by atoms with Crippen LogP contribution in [0.3, 0.4) is 0 Å². The molecule has 116 valence electrons. The average Bonchev–Trinajstić information content (AvgIpc) is 2.35. The molecule has 1 aromatic rings. The highest BCUT2D eigenvalue weighted by molar-refractivity contribution is 7.80. The van der Waals surface area contributed by atoms with Crippen molar-refractivity contribution in [3.63, 3.8) is 0 Å². The lowest BCUT2D eigenvalue weighted by Gasteiger charge is -2.17. The molecular formula is C13H16F3N3OS. The van der Waals surface area contributed by atoms with Gasteiger partial charge in [-0.3, -0.25) is 9.69 Å². The fraction of sp³-hybridized carbons (Fsp3) is 0.385. The van der Waals surface area contributed by atoms with Crippen molar-refractivity contribution in [3.8, 4) is 0 Å². The second kappa shape index (κ2) is 7.37. The molecule has 21 heavy (non-hydrogen) atoms. The molecule has 0 aliphatic carbocycles. The van der Waals surface area contributed by atoms with E-state index in [4.69, 9.17) is 18.0 Å². The standard InChI is InChI=1S/C13H16F3N3OS/c1-19(6-5-13(14,15)16)8-11(20)18-10-4-2-3-9(7-10)12(17)21/h2-4,7H,5-6,8H2,1H3,(H2,17,21)(H,18,20). The average molecular weight is 319 g/mol. The number of rotatable bonds is 6. The number of hydrogen-bond donors (Lipinski definition) is 2. The molecule has 0 heterocycles. The summed E-state index contributed by atoms with van der Waals surface area (Å²) in [5.41, 5.74) is 6.58. The summed E-state index contributed by atoms with van der Waals surface area (Å²) in [6.07, 6.45) is -5.18. The molecular weight excluding hydrogens is 303 g/mol. The zero-order chi connectivity index (χ0) is 16.0. The van der Waals surface area contributed by atoms with Crippen molar-refractivity contribution in [2.24, 2.45) is 5.73 Å². The number of likely N-dealkylation sites (N-methyl/N-ethyl adjacent to an activating group) is 1. The molecule has 0 atom stereocenters. The summed E-state index contributed by atoms with van der Waals surface area (Å²) in [7, 11) is 1.46. The van der Waals surface area contributed by atoms with Gasteiger partial charge in [-0.1, -0.05) is 24.4 Å². The maximum absolute atomic E-state index is 12.1. The summed E-state index contributed by atoms with van der Waals surface area (Å²) < 4.78 is 36.2. The number of amides is 1. The van der Waals surface area contributed by atoms with Gasteiger partial charge in [0.1, 0.15) is 4.99 Å². The molecule has 8 heteroatoms. The lowest BCUT2D eigenvalue weighted by atomic mass is 10.2. The maximum atomic E-state index is 12.1. The van der Waals surface area contributed by atoms with Gasteiger partial charge in [0.2, 0.25) is 5.91 Å². The van der Waals surface area contributed by atoms with E-state index in [1.165, 1.54) is 11.9 Å². The van der Waals surface area contributed by atoms with Gasteiger partial charge in [0, 0.05) is 17.8 Å². The van der Waals surface area contributed by atoms with Gasteiger partial charge in [-0.05, 0) is 19.2 Å². The Morgan fingerprint density at radius 2 is 2.10 bits per heavy atom. The van der Waals surface area contributed by atoms with Crippen LogP contribution in [0.1, 0.15) is 12.0 Å². The van der Waals surface area contributed by atoms with Crippen LogP contribution in [0, 0.1) is 0 Å². The zero-order valence-electron chi connectivity index (χ0n) is 11.4. The quantitative estimate of drug-likeness (QED) is 0.789. The molecule has 0 aromatic heterocycles. The number of benzene rings is 1. The topological polar surface area (TPSA) is 58.4 Å². The van der Waals surface area contributed by atoms with E-state index in [0.29, 0.717) is 11.3 Å². The molecule has 4 nitrogen and oxygen atoms in total. The first kappa shape index (κ1) is 17.4. The number of nitrogens with one attached hydrogen (secondary N) is 1. The Hall–Kier alpha value is -1.67. The summed E-state index contributed by atoms with van der Waals surface area (Å²) in [5, 5.41) is 2.59. The highest BCUT2D eigenvalue weighted by atomic mass is 32.1. The van der Waals surface area contributed by atoms with Gasteiger partial charge < -0.3 is 11.1 Å². The number of anilines is 1. The van der Waals surface area contributed by atoms with Gasteiger partial charge >= 0.3 is 6.18 Å². The largest absolute Gasteiger partial charge is 0.390 e. The van der Waals surface area contributed by atoms with Crippen LogP contribution in [0.25, 0.3) is 0 Å². The molecule has 1 aromatic carbocycles. The molecule has 0 spiro atoms. The van der Waals surface area contributed by atoms with Crippen LogP contribution in [-0.4, -0.2) is 42.1 Å². The molecule has 0 saturated carbocycles. The van der Waals surface area contributed by atoms with Crippen LogP contribution < -0.4 is 11.1 Å². The van der Waals surface area contributed by atoms with Crippen LogP contribution in [0.2, 0.25) is 0 Å². The summed E-state index contributed by atoms with van der Waals surface area (Å²) in [6.45, 7) is -0.364. The van der Waals surface area contributed by atoms with Crippen LogP contribution in [0.5, 0.6) is 0 Å². The Kier molecular flexibility index (Phi) is 6.10. The van der Waals surface area contributed by atoms with Crippen LogP contribution in [0.15, 0.2) is 24.3 Å². The van der Waals surface area contributed by atoms with Crippen molar-refractivity contribution >= 4 is 28.8 Å². The SMILES string of the molecule is CN(CCC(F)(F)F)CC(=O)Nc1cccc(C(N)=S)c1. The van der Waals surface area contributed by atoms with Crippen molar-refractivity contribution in [2.45, 2.75) is 12.6 Å². The minimum absolute atomic E-state index is 0.132. The zero-order valence-corrected chi connectivity index (χ0v) is 12.2. The predicted octanol–water partition coefficient (Wildman–Crippen LogP) is 2.14. The normalized spacial score (nSPS) is 11.5. The lowest BCUT2D eigenvalue weighted by Crippen LogP contribution is -2.32. The highest BCUT2D eigenvalue weighted by Gasteiger charge is 2.27. The highest BCUT2D eigenvalue weighted by Crippen LogP contribution is 2.19. The molecule has 0 bridgehead atoms. The van der Waals surface area contributed by atoms with E-state index in [1.54, 1.807) is 24.3 Å². The van der Waals surface area contributed by atoms with Gasteiger partial charge in [0.05, 0.1) is 13.0 Å². The summed E-state index contributed by atoms with van der Waals surface area (Å²) in [4.78, 5) is 13.2. The van der Waals surface area contributed by atoms with Gasteiger partial charge in [0.25, 0.3) is 0 Å². The van der Waals surface area contributed by atoms with Gasteiger partial charge in [-0.2, -0.15) is 13.2 Å². The number of nitrogens with two attached hydrogens (primary N) is 1. The van der Waals surface area contributed by atoms with Gasteiger partial charge in [-0.25, -0.2) is 0 Å². The van der Waals surface area contributed by atoms with E-state index in [-0.39, 0.29) is 18.1 Å². The van der Waals surface area contributed by atoms with E-state index in [2.05, 4.69) is 5.32 Å². The monoisotopic (exact) mass is 319 g/mol. The number of halogens is 3. The van der Waals surface area contributed by atoms with Crippen LogP contribution in [0.4, 0.5) is 18.9 Å². The third kappa shape index (κ3) is 7.05. The van der Waals surface area contributed by atoms with E-state index in [1.807, 2.05) is 0 Å². The van der Waals surface area contributed by atoms with Crippen LogP contribution >= 0.6 is 12.2 Å². The summed E-state index contributed by atoms with van der Waals surface area (Å²) in [6, 6.07) is 6.64. The van der Waals surface area contributed by atoms with E-state index in [0.717, 1.165) is 0 Å². The molecule has 0 fully saturated rings. The van der Waals surface area contributed by atoms with Crippen LogP contribution in [-0.2, 0) is 4.79 Å². The number of nitrogens with zero attached hydrogens (tertiary/aromatic N) is 1. The number of thiocarbonyl (C=S) groups is 1. The molecule has 1 amide bonds. The second-order valence-electron chi connectivity index (χ2n) is 4.60. The predicted molar refractivity (Wildman–Crippen MR) is 79.1 cm³/mol. The molecule has 0 radical (unpaired) electrons. The molecule has 0 aliphatic rings. The first-order valence-corrected chi connectivity index (χ1v) is 6.53. The molecule has 0 aliphatic heterocycles. The third-order valence-electron chi connectivity index (χ3n) is 2.62. The maximum Gasteiger partial charge on any atom is 0.390 e. The lowest BCUT2D eigenvalue weighted by molar-refractivity contribution is -0.138. The molecule has 1 rings (SSSR count). The fourth-order valence-corrected chi connectivity index (χ4v) is 1.72. The van der Waals surface area contributed by atoms with E-state index >= 15 is 0 Å². The van der Waals surface area contributed by atoms with Crippen molar-refractivity contribution in [2.75, 3.05) is 25.5 Å². The Morgan fingerprint density at radius 3 is 2.67 bits per heavy atom. The number of alkyl halides is 3. The molecule has 3 N–H and O–H groups in total. The molecule has 0 saturated heterocycles. The van der Waals surface area contributed by atoms with Crippen molar-refractivity contribution in [1.29, 1.82) is 0 Å². The summed E-state index contributed by atoms with van der Waals surface area (Å²) in [5.74, 6) is -0.403. The minimum Gasteiger partial charge on any atom is -0.389 e. The number of carbonyl (C=O) groups excluding carboxylic acids is 1. The Morgan fingerprint density at radius 1 is 1.43 bits per heavy atom. The Bertz CT molecular complexity index is 520. The first-order valence-electron chi connectivity index (χ1n) is 6.12. The minimum atomic E-state index is -4.23. The smallest absolute Gasteiger partial charge is 0.389 e. The van der Waals surface area contributed by atoms with E-state index in [9.17, 15) is 18.0 Å². The Labute approximate surface area is 126 Å². The number of carbonyl (C=O) groups is 1. The third-order valence-corrected chi connectivity index (χ3v) is 2.86. The van der Waals surface area contributed by atoms with Crippen molar-refractivity contribution < 1.29 is 18.0 Å². The van der Waals surface area contributed by atoms with E-state index < -0.39 is 18.5 Å². The Balaban J connectivity index is 2.50. The van der Waals surface area contributed by atoms with Gasteiger partial charge in [0.15, 0.2) is 0 Å². The molecule has 0 unspecified atom stereocenters. The van der Waals surface area contributed by atoms with Crippen molar-refractivity contribution in [1.82, 2.24) is 4.90 Å². The second-order valence-corrected chi connectivity index (χ2v) is 5.04.